The zero-order valence-corrected chi connectivity index (χ0v) is 32.2. The number of hydrogen-bond donors (Lipinski definition) is 0. The maximum Gasteiger partial charge on any atom is 0.159 e. The van der Waals surface area contributed by atoms with E-state index in [2.05, 4.69) is 204 Å². The van der Waals surface area contributed by atoms with Crippen LogP contribution in [0.5, 0.6) is 0 Å². The number of furan rings is 1. The quantitative estimate of drug-likeness (QED) is 0.157. The molecular formula is C54H34N2OS. The normalized spacial score (nSPS) is 12.1. The molecule has 0 fully saturated rings. The van der Waals surface area contributed by atoms with Crippen molar-refractivity contribution in [1.29, 1.82) is 0 Å². The Morgan fingerprint density at radius 1 is 0.345 bits per heavy atom. The van der Waals surface area contributed by atoms with Crippen LogP contribution in [0.15, 0.2) is 220 Å². The monoisotopic (exact) mass is 758 g/mol. The predicted octanol–water partition coefficient (Wildman–Crippen LogP) is 16.1. The summed E-state index contributed by atoms with van der Waals surface area (Å²) in [5.74, 6) is 0. The summed E-state index contributed by atoms with van der Waals surface area (Å²) in [6, 6.07) is 74.4. The molecule has 1 aromatic heterocycles. The molecule has 0 atom stereocenters. The van der Waals surface area contributed by atoms with Crippen LogP contribution in [0.3, 0.4) is 0 Å². The van der Waals surface area contributed by atoms with E-state index < -0.39 is 0 Å². The fourth-order valence-electron chi connectivity index (χ4n) is 8.93. The van der Waals surface area contributed by atoms with Gasteiger partial charge >= 0.3 is 0 Å². The Labute approximate surface area is 340 Å². The number of para-hydroxylation sites is 4. The standard InChI is InChI=1S/C54H34N2OS/c1-3-15-38(16-4-1)55(40-27-25-35-13-7-8-14-36(35)31-40)41-28-26-37-32-48-44-30-29-42(34-52(44)58-51-24-12-20-45(53(48)51)47(37)33-41)56(39-17-5-2-6-18-39)49-22-11-21-46-43-19-9-10-23-50(43)57-54(46)49/h1-34H. The number of anilines is 6. The van der Waals surface area contributed by atoms with Gasteiger partial charge in [0.1, 0.15) is 5.58 Å². The van der Waals surface area contributed by atoms with Crippen LogP contribution >= 0.6 is 11.8 Å². The van der Waals surface area contributed by atoms with Crippen LogP contribution in [0, 0.1) is 0 Å². The minimum atomic E-state index is 0.880. The lowest BCUT2D eigenvalue weighted by atomic mass is 9.92. The van der Waals surface area contributed by atoms with Gasteiger partial charge in [0.05, 0.1) is 5.69 Å². The van der Waals surface area contributed by atoms with Crippen molar-refractivity contribution in [3.05, 3.63) is 206 Å². The highest BCUT2D eigenvalue weighted by Gasteiger charge is 2.25. The first-order valence-corrected chi connectivity index (χ1v) is 20.5. The summed E-state index contributed by atoms with van der Waals surface area (Å²) in [5.41, 5.74) is 10.9. The van der Waals surface area contributed by atoms with Gasteiger partial charge in [-0.2, -0.15) is 0 Å². The third-order valence-electron chi connectivity index (χ3n) is 11.6. The van der Waals surface area contributed by atoms with Gasteiger partial charge in [0, 0.05) is 54.4 Å². The molecule has 0 saturated heterocycles. The van der Waals surface area contributed by atoms with Crippen molar-refractivity contribution in [2.75, 3.05) is 9.80 Å². The lowest BCUT2D eigenvalue weighted by Crippen LogP contribution is -2.10. The van der Waals surface area contributed by atoms with Gasteiger partial charge in [-0.15, -0.1) is 0 Å². The van der Waals surface area contributed by atoms with Gasteiger partial charge < -0.3 is 14.2 Å². The number of benzene rings is 10. The van der Waals surface area contributed by atoms with E-state index in [0.29, 0.717) is 0 Å². The average Bonchev–Trinajstić information content (AvgIpc) is 3.67. The average molecular weight is 759 g/mol. The van der Waals surface area contributed by atoms with Gasteiger partial charge in [0.2, 0.25) is 0 Å². The van der Waals surface area contributed by atoms with Gasteiger partial charge in [-0.05, 0) is 123 Å². The summed E-state index contributed by atoms with van der Waals surface area (Å²) >= 11 is 1.86. The molecular weight excluding hydrogens is 725 g/mol. The molecule has 0 saturated carbocycles. The van der Waals surface area contributed by atoms with E-state index in [9.17, 15) is 0 Å². The number of hydrogen-bond acceptors (Lipinski definition) is 4. The van der Waals surface area contributed by atoms with Crippen LogP contribution in [0.25, 0.3) is 65.4 Å². The van der Waals surface area contributed by atoms with Gasteiger partial charge in [-0.1, -0.05) is 133 Å². The van der Waals surface area contributed by atoms with Crippen LogP contribution in [-0.2, 0) is 0 Å². The molecule has 10 aromatic carbocycles. The zero-order chi connectivity index (χ0) is 38.2. The predicted molar refractivity (Wildman–Crippen MR) is 245 cm³/mol. The number of rotatable bonds is 6. The Balaban J connectivity index is 1.01. The molecule has 0 bridgehead atoms. The Morgan fingerprint density at radius 3 is 1.83 bits per heavy atom. The zero-order valence-electron chi connectivity index (χ0n) is 31.3. The maximum absolute atomic E-state index is 6.59. The molecule has 58 heavy (non-hydrogen) atoms. The molecule has 272 valence electrons. The lowest BCUT2D eigenvalue weighted by molar-refractivity contribution is 0.669. The van der Waals surface area contributed by atoms with Gasteiger partial charge in [-0.3, -0.25) is 0 Å². The van der Waals surface area contributed by atoms with E-state index in [1.165, 1.54) is 53.2 Å². The molecule has 0 N–H and O–H groups in total. The van der Waals surface area contributed by atoms with Crippen LogP contribution in [0.4, 0.5) is 34.1 Å². The maximum atomic E-state index is 6.59. The first kappa shape index (κ1) is 32.9. The second kappa shape index (κ2) is 13.2. The van der Waals surface area contributed by atoms with Crippen molar-refractivity contribution in [3.63, 3.8) is 0 Å². The lowest BCUT2D eigenvalue weighted by Gasteiger charge is -2.28. The number of nitrogens with zero attached hydrogens (tertiary/aromatic N) is 2. The van der Waals surface area contributed by atoms with Gasteiger partial charge in [0.25, 0.3) is 0 Å². The molecule has 0 amide bonds. The summed E-state index contributed by atoms with van der Waals surface area (Å²) in [6.07, 6.45) is 0. The summed E-state index contributed by atoms with van der Waals surface area (Å²) in [5, 5.41) is 9.74. The van der Waals surface area contributed by atoms with E-state index in [1.807, 2.05) is 23.9 Å². The highest BCUT2D eigenvalue weighted by atomic mass is 32.2. The van der Waals surface area contributed by atoms with Crippen molar-refractivity contribution >= 4 is 100 Å². The summed E-state index contributed by atoms with van der Waals surface area (Å²) in [6.45, 7) is 0. The van der Waals surface area contributed by atoms with Crippen LogP contribution in [0.2, 0.25) is 0 Å². The van der Waals surface area contributed by atoms with E-state index in [-0.39, 0.29) is 0 Å². The SMILES string of the molecule is c1ccc(N(c2ccc3ccccc3c2)c2ccc3cc4c5c(cccc5c3c2)Sc2cc(N(c3ccccc3)c3cccc5c3oc3ccccc35)ccc2-4)cc1. The molecule has 1 aliphatic rings. The van der Waals surface area contributed by atoms with Crippen molar-refractivity contribution in [3.8, 4) is 11.1 Å². The largest absolute Gasteiger partial charge is 0.454 e. The first-order chi connectivity index (χ1) is 28.7. The highest BCUT2D eigenvalue weighted by Crippen LogP contribution is 2.52. The summed E-state index contributed by atoms with van der Waals surface area (Å²) in [4.78, 5) is 7.21. The summed E-state index contributed by atoms with van der Waals surface area (Å²) < 4.78 is 6.59. The second-order valence-electron chi connectivity index (χ2n) is 14.9. The van der Waals surface area contributed by atoms with Crippen LogP contribution < -0.4 is 9.80 Å². The molecule has 1 aliphatic heterocycles. The fourth-order valence-corrected chi connectivity index (χ4v) is 10.1. The molecule has 0 aliphatic carbocycles. The highest BCUT2D eigenvalue weighted by molar-refractivity contribution is 7.99. The minimum Gasteiger partial charge on any atom is -0.454 e. The van der Waals surface area contributed by atoms with Crippen LogP contribution in [0.1, 0.15) is 0 Å². The first-order valence-electron chi connectivity index (χ1n) is 19.7. The topological polar surface area (TPSA) is 19.6 Å². The summed E-state index contributed by atoms with van der Waals surface area (Å²) in [7, 11) is 0. The van der Waals surface area contributed by atoms with E-state index >= 15 is 0 Å². The Hall–Kier alpha value is -7.27. The van der Waals surface area contributed by atoms with Gasteiger partial charge in [0.15, 0.2) is 5.58 Å². The van der Waals surface area contributed by atoms with Crippen molar-refractivity contribution < 1.29 is 4.42 Å². The third-order valence-corrected chi connectivity index (χ3v) is 12.7. The molecule has 11 aromatic rings. The van der Waals surface area contributed by atoms with E-state index in [4.69, 9.17) is 4.42 Å². The third kappa shape index (κ3) is 5.23. The Morgan fingerprint density at radius 2 is 0.983 bits per heavy atom. The molecule has 0 radical (unpaired) electrons. The fraction of sp³-hybridized carbons (Fsp3) is 0. The van der Waals surface area contributed by atoms with Gasteiger partial charge in [-0.25, -0.2) is 0 Å². The molecule has 0 spiro atoms. The van der Waals surface area contributed by atoms with E-state index in [1.54, 1.807) is 0 Å². The van der Waals surface area contributed by atoms with Crippen molar-refractivity contribution in [2.24, 2.45) is 0 Å². The van der Waals surface area contributed by atoms with Crippen molar-refractivity contribution in [2.45, 2.75) is 9.79 Å². The smallest absolute Gasteiger partial charge is 0.159 e. The van der Waals surface area contributed by atoms with Crippen LogP contribution in [-0.4, -0.2) is 0 Å². The molecule has 4 heteroatoms. The second-order valence-corrected chi connectivity index (χ2v) is 16.0. The Bertz CT molecular complexity index is 3390. The molecule has 2 heterocycles. The molecule has 3 nitrogen and oxygen atoms in total. The molecule has 12 rings (SSSR count). The number of fused-ring (bicyclic) bond motifs is 8. The molecule has 0 unspecified atom stereocenters. The minimum absolute atomic E-state index is 0.880. The van der Waals surface area contributed by atoms with E-state index in [0.717, 1.165) is 56.1 Å². The Kier molecular flexibility index (Phi) is 7.47. The van der Waals surface area contributed by atoms with Crippen molar-refractivity contribution in [1.82, 2.24) is 0 Å².